The van der Waals surface area contributed by atoms with Crippen molar-refractivity contribution in [3.05, 3.63) is 29.3 Å². The molecule has 2 N–H and O–H groups in total. The first-order chi connectivity index (χ1) is 12.9. The third kappa shape index (κ3) is 3.42. The van der Waals surface area contributed by atoms with Gasteiger partial charge >= 0.3 is 0 Å². The fraction of sp³-hybridized carbons (Fsp3) is 0.750. The van der Waals surface area contributed by atoms with E-state index < -0.39 is 0 Å². The maximum absolute atomic E-state index is 9.87. The summed E-state index contributed by atoms with van der Waals surface area (Å²) in [7, 11) is 4.31. The Kier molecular flexibility index (Phi) is 5.28. The summed E-state index contributed by atoms with van der Waals surface area (Å²) in [4.78, 5) is 2.27. The van der Waals surface area contributed by atoms with Gasteiger partial charge in [0.2, 0.25) is 0 Å². The predicted octanol–water partition coefficient (Wildman–Crippen LogP) is 4.40. The number of hydrogen-bond donors (Lipinski definition) is 2. The van der Waals surface area contributed by atoms with E-state index in [0.29, 0.717) is 17.2 Å². The monoisotopic (exact) mass is 370 g/mol. The molecular weight excluding hydrogens is 332 g/mol. The standard InChI is InChI=1S/C24H38N2O/c1-16(25-13-14-26(3)4)22-9-10-23-21-7-5-17-15-18(27)6-8-19(17)20(21)11-12-24(22,23)2/h6,8,15-16,20-23,25,27H,5,7,9-14H2,1-4H3/t16-,20-,21-,22+,23+,24-/m0/s1. The van der Waals surface area contributed by atoms with Crippen LogP contribution in [0.5, 0.6) is 5.75 Å². The Morgan fingerprint density at radius 1 is 1.22 bits per heavy atom. The van der Waals surface area contributed by atoms with Crippen LogP contribution in [0.25, 0.3) is 0 Å². The van der Waals surface area contributed by atoms with Gasteiger partial charge in [0.25, 0.3) is 0 Å². The number of benzene rings is 1. The first kappa shape index (κ1) is 19.3. The van der Waals surface area contributed by atoms with E-state index >= 15 is 0 Å². The molecule has 2 saturated carbocycles. The highest BCUT2D eigenvalue weighted by atomic mass is 16.3. The zero-order chi connectivity index (χ0) is 19.2. The normalized spacial score (nSPS) is 36.2. The van der Waals surface area contributed by atoms with Crippen molar-refractivity contribution in [1.29, 1.82) is 0 Å². The van der Waals surface area contributed by atoms with Crippen molar-refractivity contribution < 1.29 is 5.11 Å². The lowest BCUT2D eigenvalue weighted by Crippen LogP contribution is -2.48. The van der Waals surface area contributed by atoms with Crippen LogP contribution < -0.4 is 5.32 Å². The van der Waals surface area contributed by atoms with Gasteiger partial charge in [0.05, 0.1) is 0 Å². The lowest BCUT2D eigenvalue weighted by molar-refractivity contribution is 0.0181. The van der Waals surface area contributed by atoms with E-state index in [1.54, 1.807) is 5.56 Å². The van der Waals surface area contributed by atoms with E-state index in [2.05, 4.69) is 44.2 Å². The number of aryl methyl sites for hydroxylation is 1. The average molecular weight is 371 g/mol. The summed E-state index contributed by atoms with van der Waals surface area (Å²) < 4.78 is 0. The van der Waals surface area contributed by atoms with E-state index in [0.717, 1.165) is 43.2 Å². The molecule has 0 radical (unpaired) electrons. The molecule has 3 aliphatic rings. The smallest absolute Gasteiger partial charge is 0.115 e. The Hall–Kier alpha value is -1.06. The summed E-state index contributed by atoms with van der Waals surface area (Å²) in [5.41, 5.74) is 3.46. The van der Waals surface area contributed by atoms with Crippen molar-refractivity contribution in [2.45, 2.75) is 64.3 Å². The van der Waals surface area contributed by atoms with Gasteiger partial charge in [-0.2, -0.15) is 0 Å². The van der Waals surface area contributed by atoms with E-state index in [-0.39, 0.29) is 0 Å². The van der Waals surface area contributed by atoms with Gasteiger partial charge in [0.15, 0.2) is 0 Å². The fourth-order valence-electron chi connectivity index (χ4n) is 7.09. The second-order valence-corrected chi connectivity index (χ2v) is 10.1. The van der Waals surface area contributed by atoms with Gasteiger partial charge in [0.1, 0.15) is 5.75 Å². The van der Waals surface area contributed by atoms with Crippen LogP contribution >= 0.6 is 0 Å². The number of nitrogens with zero attached hydrogens (tertiary/aromatic N) is 1. The van der Waals surface area contributed by atoms with E-state index in [1.807, 2.05) is 12.1 Å². The number of likely N-dealkylation sites (N-methyl/N-ethyl adjacent to an activating group) is 1. The Morgan fingerprint density at radius 3 is 2.81 bits per heavy atom. The Morgan fingerprint density at radius 2 is 2.04 bits per heavy atom. The molecular formula is C24H38N2O. The van der Waals surface area contributed by atoms with Crippen molar-refractivity contribution in [3.63, 3.8) is 0 Å². The number of hydrogen-bond acceptors (Lipinski definition) is 3. The molecule has 0 bridgehead atoms. The summed E-state index contributed by atoms with van der Waals surface area (Å²) in [6.45, 7) is 7.25. The molecule has 150 valence electrons. The molecule has 27 heavy (non-hydrogen) atoms. The number of nitrogens with one attached hydrogen (secondary N) is 1. The van der Waals surface area contributed by atoms with Crippen molar-refractivity contribution in [2.75, 3.05) is 27.2 Å². The Balaban J connectivity index is 1.49. The van der Waals surface area contributed by atoms with Gasteiger partial charge in [0, 0.05) is 19.1 Å². The first-order valence-corrected chi connectivity index (χ1v) is 11.1. The lowest BCUT2D eigenvalue weighted by atomic mass is 9.53. The SMILES string of the molecule is C[C@H](NCCN(C)C)[C@H]1CC[C@@H]2[C@H]3CCc4cc(O)ccc4[C@@H]3CC[C@]21C. The maximum atomic E-state index is 9.87. The molecule has 3 heteroatoms. The summed E-state index contributed by atoms with van der Waals surface area (Å²) in [5.74, 6) is 3.70. The summed E-state index contributed by atoms with van der Waals surface area (Å²) >= 11 is 0. The number of phenols is 1. The van der Waals surface area contributed by atoms with Crippen LogP contribution in [-0.4, -0.2) is 43.2 Å². The molecule has 2 fully saturated rings. The summed E-state index contributed by atoms with van der Waals surface area (Å²) in [5, 5.41) is 13.7. The Labute approximate surface area is 165 Å². The molecule has 0 amide bonds. The van der Waals surface area contributed by atoms with Crippen LogP contribution in [0.1, 0.15) is 63.0 Å². The third-order valence-electron chi connectivity index (χ3n) is 8.41. The second kappa shape index (κ2) is 7.40. The molecule has 4 rings (SSSR count). The first-order valence-electron chi connectivity index (χ1n) is 11.1. The molecule has 1 aromatic carbocycles. The van der Waals surface area contributed by atoms with Gasteiger partial charge < -0.3 is 15.3 Å². The van der Waals surface area contributed by atoms with E-state index in [9.17, 15) is 5.11 Å². The fourth-order valence-corrected chi connectivity index (χ4v) is 7.09. The molecule has 6 atom stereocenters. The highest BCUT2D eigenvalue weighted by molar-refractivity contribution is 5.40. The number of rotatable bonds is 5. The minimum atomic E-state index is 0.436. The molecule has 0 spiro atoms. The second-order valence-electron chi connectivity index (χ2n) is 10.1. The van der Waals surface area contributed by atoms with Crippen molar-refractivity contribution in [2.24, 2.45) is 23.2 Å². The lowest BCUT2D eigenvalue weighted by Gasteiger charge is -2.52. The zero-order valence-electron chi connectivity index (χ0n) is 17.7. The third-order valence-corrected chi connectivity index (χ3v) is 8.41. The summed E-state index contributed by atoms with van der Waals surface area (Å²) in [6, 6.07) is 6.77. The maximum Gasteiger partial charge on any atom is 0.115 e. The van der Waals surface area contributed by atoms with Gasteiger partial charge in [-0.05, 0) is 112 Å². The molecule has 3 nitrogen and oxygen atoms in total. The van der Waals surface area contributed by atoms with Crippen molar-refractivity contribution in [3.8, 4) is 5.75 Å². The van der Waals surface area contributed by atoms with Gasteiger partial charge in [-0.1, -0.05) is 13.0 Å². The molecule has 0 aromatic heterocycles. The zero-order valence-corrected chi connectivity index (χ0v) is 17.7. The quantitative estimate of drug-likeness (QED) is 0.806. The summed E-state index contributed by atoms with van der Waals surface area (Å²) in [6.07, 6.45) is 7.97. The largest absolute Gasteiger partial charge is 0.508 e. The molecule has 1 aromatic rings. The predicted molar refractivity (Wildman–Crippen MR) is 112 cm³/mol. The van der Waals surface area contributed by atoms with Gasteiger partial charge in [-0.25, -0.2) is 0 Å². The van der Waals surface area contributed by atoms with Crippen LogP contribution in [0.2, 0.25) is 0 Å². The van der Waals surface area contributed by atoms with Gasteiger partial charge in [-0.3, -0.25) is 0 Å². The number of aromatic hydroxyl groups is 1. The van der Waals surface area contributed by atoms with Crippen molar-refractivity contribution in [1.82, 2.24) is 10.2 Å². The van der Waals surface area contributed by atoms with Crippen molar-refractivity contribution >= 4 is 0 Å². The van der Waals surface area contributed by atoms with Crippen LogP contribution in [0, 0.1) is 23.2 Å². The van der Waals surface area contributed by atoms with Crippen LogP contribution in [0.4, 0.5) is 0 Å². The number of fused-ring (bicyclic) bond motifs is 5. The number of phenolic OH excluding ortho intramolecular Hbond substituents is 1. The minimum absolute atomic E-state index is 0.436. The molecule has 0 heterocycles. The van der Waals surface area contributed by atoms with Crippen LogP contribution in [-0.2, 0) is 6.42 Å². The van der Waals surface area contributed by atoms with E-state index in [1.165, 1.54) is 37.7 Å². The highest BCUT2D eigenvalue weighted by Gasteiger charge is 2.55. The Bertz CT molecular complexity index is 672. The van der Waals surface area contributed by atoms with E-state index in [4.69, 9.17) is 0 Å². The van der Waals surface area contributed by atoms with Gasteiger partial charge in [-0.15, -0.1) is 0 Å². The topological polar surface area (TPSA) is 35.5 Å². The minimum Gasteiger partial charge on any atom is -0.508 e. The molecule has 0 saturated heterocycles. The molecule has 0 unspecified atom stereocenters. The molecule has 3 aliphatic carbocycles. The highest BCUT2D eigenvalue weighted by Crippen LogP contribution is 2.63. The molecule has 0 aliphatic heterocycles. The average Bonchev–Trinajstić information content (AvgIpc) is 2.98. The van der Waals surface area contributed by atoms with Crippen LogP contribution in [0.3, 0.4) is 0 Å². The van der Waals surface area contributed by atoms with Crippen LogP contribution in [0.15, 0.2) is 18.2 Å².